The second kappa shape index (κ2) is 5.51. The predicted octanol–water partition coefficient (Wildman–Crippen LogP) is 2.74. The molecule has 0 aliphatic rings. The van der Waals surface area contributed by atoms with Crippen molar-refractivity contribution in [2.75, 3.05) is 5.32 Å². The predicted molar refractivity (Wildman–Crippen MR) is 79.1 cm³/mol. The first-order valence-corrected chi connectivity index (χ1v) is 7.29. The number of carbonyl (C=O) groups excluding carboxylic acids is 1. The largest absolute Gasteiger partial charge is 0.321 e. The number of thiophene rings is 1. The van der Waals surface area contributed by atoms with Crippen LogP contribution in [0.3, 0.4) is 0 Å². The maximum Gasteiger partial charge on any atom is 0.266 e. The number of nitrogens with one attached hydrogen (secondary N) is 1. The van der Waals surface area contributed by atoms with E-state index in [1.54, 1.807) is 16.8 Å². The topological polar surface area (TPSA) is 72.7 Å². The number of nitrogens with zero attached hydrogens (tertiary/aromatic N) is 4. The fraction of sp³-hybridized carbons (Fsp3) is 0. The van der Waals surface area contributed by atoms with Crippen LogP contribution in [0.2, 0.25) is 0 Å². The molecule has 20 heavy (non-hydrogen) atoms. The van der Waals surface area contributed by atoms with Crippen molar-refractivity contribution in [1.82, 2.24) is 20.2 Å². The molecule has 0 saturated heterocycles. The van der Waals surface area contributed by atoms with Crippen molar-refractivity contribution < 1.29 is 4.79 Å². The van der Waals surface area contributed by atoms with Gasteiger partial charge < -0.3 is 5.32 Å². The zero-order valence-electron chi connectivity index (χ0n) is 10.0. The molecule has 0 unspecified atom stereocenters. The van der Waals surface area contributed by atoms with E-state index in [9.17, 15) is 4.79 Å². The highest BCUT2D eigenvalue weighted by Gasteiger charge is 2.11. The first kappa shape index (κ1) is 12.9. The van der Waals surface area contributed by atoms with Crippen LogP contribution < -0.4 is 5.32 Å². The van der Waals surface area contributed by atoms with Crippen molar-refractivity contribution in [2.45, 2.75) is 0 Å². The standard InChI is InChI=1S/C12H8BrN5OS/c13-10-5-6-20-11(10)12(19)15-8-1-3-9(4-2-8)18-7-14-16-17-18/h1-7H,(H,15,19). The van der Waals surface area contributed by atoms with Crippen LogP contribution in [0, 0.1) is 0 Å². The maximum absolute atomic E-state index is 12.0. The first-order valence-electron chi connectivity index (χ1n) is 5.62. The van der Waals surface area contributed by atoms with Crippen LogP contribution in [0.5, 0.6) is 0 Å². The van der Waals surface area contributed by atoms with Crippen LogP contribution in [-0.2, 0) is 0 Å². The van der Waals surface area contributed by atoms with E-state index in [-0.39, 0.29) is 5.91 Å². The smallest absolute Gasteiger partial charge is 0.266 e. The molecule has 0 radical (unpaired) electrons. The number of aromatic nitrogens is 4. The summed E-state index contributed by atoms with van der Waals surface area (Å²) >= 11 is 4.73. The summed E-state index contributed by atoms with van der Waals surface area (Å²) < 4.78 is 2.34. The summed E-state index contributed by atoms with van der Waals surface area (Å²) in [5, 5.41) is 15.6. The fourth-order valence-electron chi connectivity index (χ4n) is 1.62. The van der Waals surface area contributed by atoms with E-state index in [4.69, 9.17) is 0 Å². The Balaban J connectivity index is 1.76. The second-order valence-corrected chi connectivity index (χ2v) is 5.62. The third-order valence-corrected chi connectivity index (χ3v) is 4.40. The Morgan fingerprint density at radius 3 is 2.65 bits per heavy atom. The van der Waals surface area contributed by atoms with Crippen LogP contribution in [0.25, 0.3) is 5.69 Å². The van der Waals surface area contributed by atoms with Gasteiger partial charge in [0.15, 0.2) is 0 Å². The molecule has 0 atom stereocenters. The number of hydrogen-bond donors (Lipinski definition) is 1. The number of halogens is 1. The van der Waals surface area contributed by atoms with Gasteiger partial charge in [-0.3, -0.25) is 4.79 Å². The molecule has 100 valence electrons. The lowest BCUT2D eigenvalue weighted by Crippen LogP contribution is -2.10. The molecule has 2 aromatic heterocycles. The molecule has 0 fully saturated rings. The van der Waals surface area contributed by atoms with Gasteiger partial charge in [0.1, 0.15) is 11.2 Å². The van der Waals surface area contributed by atoms with Crippen LogP contribution in [0.15, 0.2) is 46.5 Å². The normalized spacial score (nSPS) is 10.4. The van der Waals surface area contributed by atoms with Crippen molar-refractivity contribution in [2.24, 2.45) is 0 Å². The Kier molecular flexibility index (Phi) is 3.57. The number of tetrazole rings is 1. The van der Waals surface area contributed by atoms with E-state index in [2.05, 4.69) is 36.8 Å². The molecule has 0 bridgehead atoms. The molecule has 3 rings (SSSR count). The minimum absolute atomic E-state index is 0.137. The van der Waals surface area contributed by atoms with Crippen LogP contribution >= 0.6 is 27.3 Å². The van der Waals surface area contributed by atoms with Gasteiger partial charge in [0.25, 0.3) is 5.91 Å². The zero-order valence-corrected chi connectivity index (χ0v) is 12.4. The molecule has 0 saturated carbocycles. The maximum atomic E-state index is 12.0. The number of anilines is 1. The van der Waals surface area contributed by atoms with E-state index >= 15 is 0 Å². The molecule has 0 aliphatic heterocycles. The van der Waals surface area contributed by atoms with Gasteiger partial charge in [0.05, 0.1) is 5.69 Å². The molecule has 2 heterocycles. The minimum atomic E-state index is -0.137. The average molecular weight is 350 g/mol. The highest BCUT2D eigenvalue weighted by Crippen LogP contribution is 2.24. The van der Waals surface area contributed by atoms with E-state index < -0.39 is 0 Å². The van der Waals surface area contributed by atoms with Gasteiger partial charge in [-0.05, 0) is 62.1 Å². The molecule has 1 amide bonds. The first-order chi connectivity index (χ1) is 9.74. The van der Waals surface area contributed by atoms with E-state index in [1.807, 2.05) is 23.6 Å². The lowest BCUT2D eigenvalue weighted by Gasteiger charge is -2.05. The molecule has 0 aliphatic carbocycles. The highest BCUT2D eigenvalue weighted by atomic mass is 79.9. The van der Waals surface area contributed by atoms with Crippen molar-refractivity contribution in [3.63, 3.8) is 0 Å². The summed E-state index contributed by atoms with van der Waals surface area (Å²) in [6.07, 6.45) is 1.51. The lowest BCUT2D eigenvalue weighted by molar-refractivity contribution is 0.103. The Hall–Kier alpha value is -2.06. The second-order valence-electron chi connectivity index (χ2n) is 3.85. The van der Waals surface area contributed by atoms with Gasteiger partial charge in [-0.1, -0.05) is 0 Å². The molecular weight excluding hydrogens is 342 g/mol. The lowest BCUT2D eigenvalue weighted by atomic mass is 10.2. The highest BCUT2D eigenvalue weighted by molar-refractivity contribution is 9.10. The van der Waals surface area contributed by atoms with Gasteiger partial charge in [-0.15, -0.1) is 16.4 Å². The summed E-state index contributed by atoms with van der Waals surface area (Å²) in [6, 6.07) is 9.11. The van der Waals surface area contributed by atoms with Crippen LogP contribution in [-0.4, -0.2) is 26.1 Å². The molecule has 1 aromatic carbocycles. The third kappa shape index (κ3) is 2.61. The SMILES string of the molecule is O=C(Nc1ccc(-n2cnnn2)cc1)c1sccc1Br. The molecule has 6 nitrogen and oxygen atoms in total. The molecule has 3 aromatic rings. The van der Waals surface area contributed by atoms with Gasteiger partial charge in [0, 0.05) is 10.2 Å². The number of benzene rings is 1. The molecule has 1 N–H and O–H groups in total. The zero-order chi connectivity index (χ0) is 13.9. The number of amides is 1. The average Bonchev–Trinajstić information content (AvgIpc) is 3.10. The quantitative estimate of drug-likeness (QED) is 0.788. The van der Waals surface area contributed by atoms with E-state index in [1.165, 1.54) is 17.7 Å². The molecular formula is C12H8BrN5OS. The Labute approximate surface area is 126 Å². The summed E-state index contributed by atoms with van der Waals surface area (Å²) in [6.45, 7) is 0. The monoisotopic (exact) mass is 349 g/mol. The molecule has 0 spiro atoms. The Morgan fingerprint density at radius 1 is 1.25 bits per heavy atom. The summed E-state index contributed by atoms with van der Waals surface area (Å²) in [4.78, 5) is 12.7. The number of hydrogen-bond acceptors (Lipinski definition) is 5. The molecule has 8 heteroatoms. The van der Waals surface area contributed by atoms with Gasteiger partial charge >= 0.3 is 0 Å². The Bertz CT molecular complexity index is 723. The summed E-state index contributed by atoms with van der Waals surface area (Å²) in [5.74, 6) is -0.137. The van der Waals surface area contributed by atoms with Gasteiger partial charge in [-0.2, -0.15) is 0 Å². The van der Waals surface area contributed by atoms with E-state index in [0.29, 0.717) is 10.6 Å². The van der Waals surface area contributed by atoms with Crippen molar-refractivity contribution in [3.8, 4) is 5.69 Å². The van der Waals surface area contributed by atoms with Crippen molar-refractivity contribution >= 4 is 38.9 Å². The van der Waals surface area contributed by atoms with Crippen molar-refractivity contribution in [1.29, 1.82) is 0 Å². The summed E-state index contributed by atoms with van der Waals surface area (Å²) in [5.41, 5.74) is 1.54. The van der Waals surface area contributed by atoms with Gasteiger partial charge in [0.2, 0.25) is 0 Å². The van der Waals surface area contributed by atoms with E-state index in [0.717, 1.165) is 10.2 Å². The van der Waals surface area contributed by atoms with Crippen molar-refractivity contribution in [3.05, 3.63) is 51.4 Å². The Morgan fingerprint density at radius 2 is 2.05 bits per heavy atom. The van der Waals surface area contributed by atoms with Crippen LogP contribution in [0.4, 0.5) is 5.69 Å². The van der Waals surface area contributed by atoms with Gasteiger partial charge in [-0.25, -0.2) is 4.68 Å². The summed E-state index contributed by atoms with van der Waals surface area (Å²) in [7, 11) is 0. The number of rotatable bonds is 3. The van der Waals surface area contributed by atoms with Crippen LogP contribution in [0.1, 0.15) is 9.67 Å². The third-order valence-electron chi connectivity index (χ3n) is 2.56. The number of carbonyl (C=O) groups is 1. The fourth-order valence-corrected chi connectivity index (χ4v) is 3.07. The minimum Gasteiger partial charge on any atom is -0.321 e.